The molecule has 27 heavy (non-hydrogen) atoms. The Bertz CT molecular complexity index is 817. The van der Waals surface area contributed by atoms with Gasteiger partial charge < -0.3 is 14.4 Å². The second-order valence-corrected chi connectivity index (χ2v) is 8.78. The van der Waals surface area contributed by atoms with E-state index in [1.54, 1.807) is 4.57 Å². The van der Waals surface area contributed by atoms with Crippen LogP contribution in [0.15, 0.2) is 24.3 Å². The maximum atomic E-state index is 12.9. The first kappa shape index (κ1) is 21.5. The molecular weight excluding hydrogens is 341 g/mol. The number of fused-ring (bicyclic) bond motifs is 1. The number of hydrogen-bond acceptors (Lipinski definition) is 4. The van der Waals surface area contributed by atoms with Gasteiger partial charge in [-0.25, -0.2) is 9.36 Å². The highest BCUT2D eigenvalue weighted by Crippen LogP contribution is 2.25. The van der Waals surface area contributed by atoms with Crippen LogP contribution >= 0.6 is 0 Å². The van der Waals surface area contributed by atoms with Crippen LogP contribution in [0.1, 0.15) is 61.1 Å². The van der Waals surface area contributed by atoms with E-state index in [0.717, 1.165) is 5.39 Å². The lowest BCUT2D eigenvalue weighted by Crippen LogP contribution is -2.45. The molecule has 0 radical (unpaired) electrons. The summed E-state index contributed by atoms with van der Waals surface area (Å²) in [5.74, 6) is 0.219. The van der Waals surface area contributed by atoms with E-state index in [9.17, 15) is 9.82 Å². The molecule has 0 fully saturated rings. The summed E-state index contributed by atoms with van der Waals surface area (Å²) >= 11 is 0. The fourth-order valence-electron chi connectivity index (χ4n) is 2.94. The third-order valence-electron chi connectivity index (χ3n) is 4.98. The largest absolute Gasteiger partial charge is 0.494 e. The van der Waals surface area contributed by atoms with E-state index in [0.29, 0.717) is 23.1 Å². The normalized spacial score (nSPS) is 12.7. The van der Waals surface area contributed by atoms with Crippen molar-refractivity contribution in [3.8, 4) is 0 Å². The number of hydrogen-bond donors (Lipinski definition) is 1. The minimum atomic E-state index is -1.13. The van der Waals surface area contributed by atoms with Crippen molar-refractivity contribution < 1.29 is 19.2 Å². The van der Waals surface area contributed by atoms with Crippen LogP contribution in [0.4, 0.5) is 4.79 Å². The minimum Gasteiger partial charge on any atom is -0.443 e. The molecule has 6 heteroatoms. The Balaban J connectivity index is 2.62. The third kappa shape index (κ3) is 4.56. The van der Waals surface area contributed by atoms with Crippen molar-refractivity contribution >= 4 is 29.6 Å². The number of carbonyl (C=O) groups is 1. The number of carbonyl (C=O) groups excluding carboxylic acids is 1. The summed E-state index contributed by atoms with van der Waals surface area (Å²) in [6, 6.07) is 7.53. The van der Waals surface area contributed by atoms with Crippen LogP contribution in [0.3, 0.4) is 0 Å². The molecule has 0 aliphatic carbocycles. The van der Waals surface area contributed by atoms with Crippen molar-refractivity contribution in [2.24, 2.45) is 5.92 Å². The lowest BCUT2D eigenvalue weighted by atomic mass is 9.75. The number of rotatable bonds is 5. The molecule has 0 bridgehead atoms. The Kier molecular flexibility index (Phi) is 6.12. The fraction of sp³-hybridized carbons (Fsp3) is 0.571. The van der Waals surface area contributed by atoms with Crippen LogP contribution in [-0.2, 0) is 15.8 Å². The zero-order chi connectivity index (χ0) is 20.6. The number of aromatic nitrogens is 1. The van der Waals surface area contributed by atoms with E-state index in [4.69, 9.17) is 9.39 Å². The van der Waals surface area contributed by atoms with Crippen molar-refractivity contribution in [2.75, 3.05) is 0 Å². The van der Waals surface area contributed by atoms with Gasteiger partial charge in [-0.3, -0.25) is 0 Å². The standard InChI is InChI=1S/C21H32BNO4/c1-9-16-18(22(25)27-21(7,8)14(2)3)15-12-10-11-13-17(15)23(16)19(24)26-20(4,5)6/h10-14,25H,9H2,1-8H3. The molecule has 0 unspecified atom stereocenters. The average Bonchev–Trinajstić information content (AvgIpc) is 2.86. The van der Waals surface area contributed by atoms with E-state index in [1.165, 1.54) is 0 Å². The monoisotopic (exact) mass is 373 g/mol. The Morgan fingerprint density at radius 3 is 2.30 bits per heavy atom. The molecule has 2 rings (SSSR count). The topological polar surface area (TPSA) is 60.7 Å². The highest BCUT2D eigenvalue weighted by Gasteiger charge is 2.35. The summed E-state index contributed by atoms with van der Waals surface area (Å²) in [6.07, 6.45) is 0.114. The van der Waals surface area contributed by atoms with Gasteiger partial charge in [-0.1, -0.05) is 39.0 Å². The summed E-state index contributed by atoms with van der Waals surface area (Å²) < 4.78 is 13.2. The molecule has 0 amide bonds. The predicted octanol–water partition coefficient (Wildman–Crippen LogP) is 4.13. The minimum absolute atomic E-state index is 0.219. The molecule has 148 valence electrons. The van der Waals surface area contributed by atoms with Gasteiger partial charge >= 0.3 is 13.2 Å². The molecule has 1 aromatic carbocycles. The maximum absolute atomic E-state index is 12.9. The Labute approximate surface area is 162 Å². The van der Waals surface area contributed by atoms with Crippen LogP contribution < -0.4 is 5.46 Å². The third-order valence-corrected chi connectivity index (χ3v) is 4.98. The average molecular weight is 373 g/mol. The van der Waals surface area contributed by atoms with Gasteiger partial charge in [0.15, 0.2) is 0 Å². The Morgan fingerprint density at radius 2 is 1.78 bits per heavy atom. The molecule has 0 atom stereocenters. The van der Waals surface area contributed by atoms with Crippen LogP contribution in [0.25, 0.3) is 10.9 Å². The summed E-state index contributed by atoms with van der Waals surface area (Å²) in [5.41, 5.74) is 0.927. The van der Waals surface area contributed by atoms with Crippen LogP contribution in [0, 0.1) is 5.92 Å². The van der Waals surface area contributed by atoms with E-state index in [2.05, 4.69) is 13.8 Å². The van der Waals surface area contributed by atoms with Crippen molar-refractivity contribution in [3.63, 3.8) is 0 Å². The van der Waals surface area contributed by atoms with Crippen LogP contribution in [0.5, 0.6) is 0 Å². The highest BCUT2D eigenvalue weighted by atomic mass is 16.6. The summed E-state index contributed by atoms with van der Waals surface area (Å²) in [4.78, 5) is 12.9. The van der Waals surface area contributed by atoms with Crippen molar-refractivity contribution in [1.82, 2.24) is 4.57 Å². The molecule has 0 aliphatic heterocycles. The van der Waals surface area contributed by atoms with E-state index in [-0.39, 0.29) is 5.92 Å². The zero-order valence-electron chi connectivity index (χ0n) is 17.8. The van der Waals surface area contributed by atoms with Gasteiger partial charge in [0.25, 0.3) is 0 Å². The fourth-order valence-corrected chi connectivity index (χ4v) is 2.94. The van der Waals surface area contributed by atoms with Gasteiger partial charge in [0.1, 0.15) is 5.60 Å². The predicted molar refractivity (Wildman–Crippen MR) is 111 cm³/mol. The molecular formula is C21H32BNO4. The molecule has 0 saturated carbocycles. The molecule has 2 aromatic rings. The number of nitrogens with zero attached hydrogens (tertiary/aromatic N) is 1. The molecule has 0 spiro atoms. The van der Waals surface area contributed by atoms with E-state index >= 15 is 0 Å². The summed E-state index contributed by atoms with van der Waals surface area (Å²) in [5, 5.41) is 11.8. The maximum Gasteiger partial charge on any atom is 0.494 e. The number of ether oxygens (including phenoxy) is 1. The van der Waals surface area contributed by atoms with Gasteiger partial charge in [-0.15, -0.1) is 0 Å². The van der Waals surface area contributed by atoms with Crippen molar-refractivity contribution in [3.05, 3.63) is 30.0 Å². The molecule has 1 N–H and O–H groups in total. The molecule has 0 aliphatic rings. The smallest absolute Gasteiger partial charge is 0.443 e. The first-order chi connectivity index (χ1) is 12.4. The van der Waals surface area contributed by atoms with E-state index in [1.807, 2.05) is 65.8 Å². The SMILES string of the molecule is CCc1c(B(O)OC(C)(C)C(C)C)c2ccccc2n1C(=O)OC(C)(C)C. The quantitative estimate of drug-likeness (QED) is 0.801. The van der Waals surface area contributed by atoms with Crippen LogP contribution in [-0.4, -0.2) is 34.0 Å². The first-order valence-corrected chi connectivity index (χ1v) is 9.60. The van der Waals surface area contributed by atoms with Crippen LogP contribution in [0.2, 0.25) is 0 Å². The summed E-state index contributed by atoms with van der Waals surface area (Å²) in [6.45, 7) is 15.5. The lowest BCUT2D eigenvalue weighted by Gasteiger charge is -2.31. The molecule has 1 aromatic heterocycles. The van der Waals surface area contributed by atoms with Crippen molar-refractivity contribution in [1.29, 1.82) is 0 Å². The van der Waals surface area contributed by atoms with E-state index < -0.39 is 24.4 Å². The number of para-hydroxylation sites is 1. The highest BCUT2D eigenvalue weighted by molar-refractivity contribution is 6.64. The molecule has 5 nitrogen and oxygen atoms in total. The van der Waals surface area contributed by atoms with Crippen molar-refractivity contribution in [2.45, 2.75) is 73.0 Å². The number of benzene rings is 1. The second kappa shape index (κ2) is 7.68. The van der Waals surface area contributed by atoms with Gasteiger partial charge in [0.2, 0.25) is 0 Å². The van der Waals surface area contributed by atoms with Gasteiger partial charge in [-0.05, 0) is 53.0 Å². The Hall–Kier alpha value is -1.79. The molecule has 0 saturated heterocycles. The second-order valence-electron chi connectivity index (χ2n) is 8.78. The van der Waals surface area contributed by atoms with Gasteiger partial charge in [0.05, 0.1) is 11.1 Å². The summed E-state index contributed by atoms with van der Waals surface area (Å²) in [7, 11) is -1.13. The van der Waals surface area contributed by atoms with Gasteiger partial charge in [-0.2, -0.15) is 0 Å². The zero-order valence-corrected chi connectivity index (χ0v) is 17.8. The molecule has 1 heterocycles. The first-order valence-electron chi connectivity index (χ1n) is 9.60. The lowest BCUT2D eigenvalue weighted by molar-refractivity contribution is 0.0424. The Morgan fingerprint density at radius 1 is 1.19 bits per heavy atom. The van der Waals surface area contributed by atoms with Gasteiger partial charge in [0, 0.05) is 16.5 Å².